The fourth-order valence-corrected chi connectivity index (χ4v) is 2.62. The maximum Gasteiger partial charge on any atom is 0.407 e. The maximum absolute atomic E-state index is 10.8. The van der Waals surface area contributed by atoms with Gasteiger partial charge in [-0.1, -0.05) is 0 Å². The molecule has 90 valence electrons. The van der Waals surface area contributed by atoms with Gasteiger partial charge in [-0.05, 0) is 0 Å². The van der Waals surface area contributed by atoms with E-state index in [2.05, 4.69) is 6.07 Å². The second-order valence-corrected chi connectivity index (χ2v) is 4.64. The molecule has 1 saturated heterocycles. The largest absolute Gasteiger partial charge is 0.465 e. The van der Waals surface area contributed by atoms with Crippen LogP contribution in [0.2, 0.25) is 0 Å². The monoisotopic (exact) mass is 252 g/mol. The molecule has 6 nitrogen and oxygen atoms in total. The van der Waals surface area contributed by atoms with Gasteiger partial charge in [0.1, 0.15) is 16.6 Å². The summed E-state index contributed by atoms with van der Waals surface area (Å²) in [6, 6.07) is 2.09. The summed E-state index contributed by atoms with van der Waals surface area (Å²) in [5.41, 5.74) is 7.02. The molecule has 1 aromatic rings. The predicted octanol–water partition coefficient (Wildman–Crippen LogP) is 1.00. The third-order valence-corrected chi connectivity index (χ3v) is 3.60. The number of rotatable bonds is 1. The Morgan fingerprint density at radius 2 is 2.12 bits per heavy atom. The van der Waals surface area contributed by atoms with Crippen LogP contribution in [0.3, 0.4) is 0 Å². The second kappa shape index (κ2) is 4.51. The first-order valence-electron chi connectivity index (χ1n) is 5.13. The van der Waals surface area contributed by atoms with Crippen LogP contribution in [0.5, 0.6) is 0 Å². The molecule has 3 N–H and O–H groups in total. The molecule has 0 atom stereocenters. The topological polar surface area (TPSA) is 93.6 Å². The Balaban J connectivity index is 2.11. The zero-order chi connectivity index (χ0) is 12.4. The first-order valence-corrected chi connectivity index (χ1v) is 6.01. The number of hydrogen-bond donors (Lipinski definition) is 2. The minimum absolute atomic E-state index is 0.454. The van der Waals surface area contributed by atoms with Crippen LogP contribution in [-0.4, -0.2) is 42.3 Å². The van der Waals surface area contributed by atoms with Gasteiger partial charge in [-0.15, -0.1) is 11.3 Å². The number of hydrogen-bond acceptors (Lipinski definition) is 5. The molecule has 2 rings (SSSR count). The molecule has 17 heavy (non-hydrogen) atoms. The lowest BCUT2D eigenvalue weighted by molar-refractivity contribution is 0.142. The highest BCUT2D eigenvalue weighted by Gasteiger charge is 2.23. The van der Waals surface area contributed by atoms with Crippen molar-refractivity contribution < 1.29 is 9.90 Å². The molecular formula is C10H12N4O2S. The van der Waals surface area contributed by atoms with Crippen molar-refractivity contribution in [3.05, 3.63) is 10.9 Å². The van der Waals surface area contributed by atoms with E-state index < -0.39 is 6.09 Å². The standard InChI is InChI=1S/C10H12N4O2S/c11-5-7-8(6-17-9(7)12)13-1-3-14(4-2-13)10(15)16/h6H,1-4,12H2,(H,15,16). The third-order valence-electron chi connectivity index (χ3n) is 2.80. The van der Waals surface area contributed by atoms with Gasteiger partial charge in [0.15, 0.2) is 0 Å². The van der Waals surface area contributed by atoms with Crippen molar-refractivity contribution in [3.8, 4) is 6.07 Å². The van der Waals surface area contributed by atoms with E-state index in [1.165, 1.54) is 16.2 Å². The maximum atomic E-state index is 10.8. The van der Waals surface area contributed by atoms with Crippen molar-refractivity contribution in [3.63, 3.8) is 0 Å². The number of amides is 1. The summed E-state index contributed by atoms with van der Waals surface area (Å²) in [4.78, 5) is 14.1. The molecule has 1 aliphatic rings. The number of anilines is 2. The van der Waals surface area contributed by atoms with Gasteiger partial charge < -0.3 is 20.6 Å². The van der Waals surface area contributed by atoms with Crippen molar-refractivity contribution in [2.24, 2.45) is 0 Å². The fourth-order valence-electron chi connectivity index (χ4n) is 1.85. The Kier molecular flexibility index (Phi) is 3.06. The SMILES string of the molecule is N#Cc1c(N2CCN(C(=O)O)CC2)csc1N. The van der Waals surface area contributed by atoms with Gasteiger partial charge in [0, 0.05) is 31.6 Å². The van der Waals surface area contributed by atoms with E-state index in [1.54, 1.807) is 0 Å². The van der Waals surface area contributed by atoms with Crippen LogP contribution < -0.4 is 10.6 Å². The van der Waals surface area contributed by atoms with Crippen LogP contribution in [0.1, 0.15) is 5.56 Å². The van der Waals surface area contributed by atoms with Crippen LogP contribution >= 0.6 is 11.3 Å². The quantitative estimate of drug-likeness (QED) is 0.777. The van der Waals surface area contributed by atoms with Gasteiger partial charge in [-0.3, -0.25) is 0 Å². The zero-order valence-electron chi connectivity index (χ0n) is 9.09. The van der Waals surface area contributed by atoms with Crippen LogP contribution in [0, 0.1) is 11.3 Å². The molecule has 0 saturated carbocycles. The molecule has 1 aromatic heterocycles. The van der Waals surface area contributed by atoms with Crippen molar-refractivity contribution in [2.75, 3.05) is 36.8 Å². The molecule has 0 bridgehead atoms. The molecule has 0 unspecified atom stereocenters. The van der Waals surface area contributed by atoms with Crippen LogP contribution in [-0.2, 0) is 0 Å². The van der Waals surface area contributed by atoms with Crippen molar-refractivity contribution in [2.45, 2.75) is 0 Å². The summed E-state index contributed by atoms with van der Waals surface area (Å²) in [7, 11) is 0. The van der Waals surface area contributed by atoms with Crippen LogP contribution in [0.4, 0.5) is 15.5 Å². The van der Waals surface area contributed by atoms with E-state index in [0.29, 0.717) is 36.7 Å². The van der Waals surface area contributed by atoms with Gasteiger partial charge in [-0.2, -0.15) is 5.26 Å². The molecule has 0 aliphatic carbocycles. The summed E-state index contributed by atoms with van der Waals surface area (Å²) >= 11 is 1.34. The van der Waals surface area contributed by atoms with Gasteiger partial charge in [0.05, 0.1) is 5.69 Å². The minimum atomic E-state index is -0.894. The number of piperazine rings is 1. The van der Waals surface area contributed by atoms with E-state index in [0.717, 1.165) is 5.69 Å². The second-order valence-electron chi connectivity index (χ2n) is 3.73. The van der Waals surface area contributed by atoms with Gasteiger partial charge in [-0.25, -0.2) is 4.79 Å². The molecule has 1 amide bonds. The summed E-state index contributed by atoms with van der Waals surface area (Å²) in [5, 5.41) is 20.2. The van der Waals surface area contributed by atoms with Crippen LogP contribution in [0.15, 0.2) is 5.38 Å². The lowest BCUT2D eigenvalue weighted by atomic mass is 10.2. The number of nitrogens with zero attached hydrogens (tertiary/aromatic N) is 3. The summed E-state index contributed by atoms with van der Waals surface area (Å²) in [6.45, 7) is 2.10. The Labute approximate surface area is 102 Å². The molecule has 0 aromatic carbocycles. The highest BCUT2D eigenvalue weighted by atomic mass is 32.1. The molecule has 7 heteroatoms. The summed E-state index contributed by atoms with van der Waals surface area (Å²) in [6.07, 6.45) is -0.894. The number of carbonyl (C=O) groups is 1. The smallest absolute Gasteiger partial charge is 0.407 e. The highest BCUT2D eigenvalue weighted by Crippen LogP contribution is 2.32. The van der Waals surface area contributed by atoms with Crippen molar-refractivity contribution >= 4 is 28.1 Å². The lowest BCUT2D eigenvalue weighted by Crippen LogP contribution is -2.48. The molecule has 0 spiro atoms. The lowest BCUT2D eigenvalue weighted by Gasteiger charge is -2.34. The van der Waals surface area contributed by atoms with E-state index in [-0.39, 0.29) is 0 Å². The van der Waals surface area contributed by atoms with Gasteiger partial charge >= 0.3 is 6.09 Å². The molecule has 1 fully saturated rings. The van der Waals surface area contributed by atoms with Gasteiger partial charge in [0.2, 0.25) is 0 Å². The summed E-state index contributed by atoms with van der Waals surface area (Å²) < 4.78 is 0. The van der Waals surface area contributed by atoms with Gasteiger partial charge in [0.25, 0.3) is 0 Å². The number of nitrogens with two attached hydrogens (primary N) is 1. The zero-order valence-corrected chi connectivity index (χ0v) is 9.90. The number of thiophene rings is 1. The predicted molar refractivity (Wildman–Crippen MR) is 65.3 cm³/mol. The average Bonchev–Trinajstić information content (AvgIpc) is 2.70. The Bertz CT molecular complexity index is 471. The highest BCUT2D eigenvalue weighted by molar-refractivity contribution is 7.14. The first kappa shape index (κ1) is 11.5. The summed E-state index contributed by atoms with van der Waals surface area (Å²) in [5.74, 6) is 0. The Morgan fingerprint density at radius 1 is 1.47 bits per heavy atom. The molecule has 0 radical (unpaired) electrons. The number of nitrogen functional groups attached to an aromatic ring is 1. The van der Waals surface area contributed by atoms with E-state index in [4.69, 9.17) is 16.1 Å². The van der Waals surface area contributed by atoms with E-state index in [1.807, 2.05) is 10.3 Å². The van der Waals surface area contributed by atoms with Crippen molar-refractivity contribution in [1.82, 2.24) is 4.90 Å². The van der Waals surface area contributed by atoms with Crippen molar-refractivity contribution in [1.29, 1.82) is 5.26 Å². The molecular weight excluding hydrogens is 240 g/mol. The Morgan fingerprint density at radius 3 is 2.65 bits per heavy atom. The van der Waals surface area contributed by atoms with Crippen LogP contribution in [0.25, 0.3) is 0 Å². The number of carboxylic acid groups (broad SMARTS) is 1. The number of nitriles is 1. The van der Waals surface area contributed by atoms with E-state index in [9.17, 15) is 4.79 Å². The average molecular weight is 252 g/mol. The molecule has 2 heterocycles. The Hall–Kier alpha value is -1.94. The molecule has 1 aliphatic heterocycles. The normalized spacial score (nSPS) is 15.7. The first-order chi connectivity index (χ1) is 8.13. The minimum Gasteiger partial charge on any atom is -0.465 e. The fraction of sp³-hybridized carbons (Fsp3) is 0.400. The third kappa shape index (κ3) is 2.12. The van der Waals surface area contributed by atoms with E-state index >= 15 is 0 Å².